The van der Waals surface area contributed by atoms with Crippen molar-refractivity contribution in [3.63, 3.8) is 0 Å². The van der Waals surface area contributed by atoms with Crippen LogP contribution in [0, 0.1) is 0 Å². The summed E-state index contributed by atoms with van der Waals surface area (Å²) in [6.07, 6.45) is 7.55. The summed E-state index contributed by atoms with van der Waals surface area (Å²) in [5.74, 6) is 1.20. The van der Waals surface area contributed by atoms with E-state index < -0.39 is 0 Å². The number of hydrogen-bond donors (Lipinski definition) is 1. The standard InChI is InChI=1S/C14H29N3S/c1-12(10-18-3)16(2)14(11-15)7-9-17-8-5-4-6-13(14)17/h12-13H,4-11,15H2,1-3H3. The first kappa shape index (κ1) is 14.6. The molecule has 2 fully saturated rings. The minimum atomic E-state index is 0.232. The lowest BCUT2D eigenvalue weighted by molar-refractivity contribution is 0.0377. The monoisotopic (exact) mass is 271 g/mol. The van der Waals surface area contributed by atoms with Gasteiger partial charge in [0.15, 0.2) is 0 Å². The summed E-state index contributed by atoms with van der Waals surface area (Å²) in [5.41, 5.74) is 6.47. The topological polar surface area (TPSA) is 32.5 Å². The number of nitrogens with zero attached hydrogens (tertiary/aromatic N) is 2. The van der Waals surface area contributed by atoms with Gasteiger partial charge in [-0.05, 0) is 46.0 Å². The summed E-state index contributed by atoms with van der Waals surface area (Å²) >= 11 is 1.94. The second-order valence-corrected chi connectivity index (χ2v) is 6.93. The Morgan fingerprint density at radius 2 is 2.22 bits per heavy atom. The summed E-state index contributed by atoms with van der Waals surface area (Å²) in [6.45, 7) is 5.69. The molecule has 18 heavy (non-hydrogen) atoms. The average Bonchev–Trinajstić information content (AvgIpc) is 2.78. The van der Waals surface area contributed by atoms with Gasteiger partial charge in [0.1, 0.15) is 0 Å². The van der Waals surface area contributed by atoms with Crippen molar-refractivity contribution in [1.82, 2.24) is 9.80 Å². The molecule has 2 N–H and O–H groups in total. The quantitative estimate of drug-likeness (QED) is 0.824. The number of rotatable bonds is 5. The van der Waals surface area contributed by atoms with Crippen molar-refractivity contribution in [2.24, 2.45) is 5.73 Å². The molecule has 0 amide bonds. The molecule has 4 heteroatoms. The highest BCUT2D eigenvalue weighted by molar-refractivity contribution is 7.98. The van der Waals surface area contributed by atoms with Gasteiger partial charge in [0, 0.05) is 36.5 Å². The molecule has 0 saturated carbocycles. The van der Waals surface area contributed by atoms with Crippen LogP contribution in [0.25, 0.3) is 0 Å². The maximum absolute atomic E-state index is 6.24. The van der Waals surface area contributed by atoms with Crippen LogP contribution in [-0.2, 0) is 0 Å². The van der Waals surface area contributed by atoms with Gasteiger partial charge in [0.05, 0.1) is 0 Å². The summed E-state index contributed by atoms with van der Waals surface area (Å²) in [4.78, 5) is 5.29. The minimum Gasteiger partial charge on any atom is -0.329 e. The third-order valence-corrected chi connectivity index (χ3v) is 6.01. The van der Waals surface area contributed by atoms with E-state index in [1.807, 2.05) is 11.8 Å². The molecule has 2 aliphatic heterocycles. The number of fused-ring (bicyclic) bond motifs is 1. The molecule has 2 rings (SSSR count). The molecular weight excluding hydrogens is 242 g/mol. The largest absolute Gasteiger partial charge is 0.329 e. The molecule has 0 bridgehead atoms. The van der Waals surface area contributed by atoms with Gasteiger partial charge in [-0.25, -0.2) is 0 Å². The van der Waals surface area contributed by atoms with E-state index in [9.17, 15) is 0 Å². The van der Waals surface area contributed by atoms with Crippen molar-refractivity contribution >= 4 is 11.8 Å². The number of likely N-dealkylation sites (N-methyl/N-ethyl adjacent to an activating group) is 1. The van der Waals surface area contributed by atoms with Crippen molar-refractivity contribution in [2.45, 2.75) is 50.2 Å². The smallest absolute Gasteiger partial charge is 0.0498 e. The lowest BCUT2D eigenvalue weighted by atomic mass is 9.83. The Morgan fingerprint density at radius 1 is 1.44 bits per heavy atom. The molecule has 3 atom stereocenters. The fraction of sp³-hybridized carbons (Fsp3) is 1.00. The summed E-state index contributed by atoms with van der Waals surface area (Å²) in [5, 5.41) is 0. The molecule has 0 aromatic rings. The third-order valence-electron chi connectivity index (χ3n) is 5.19. The van der Waals surface area contributed by atoms with Gasteiger partial charge >= 0.3 is 0 Å². The van der Waals surface area contributed by atoms with Crippen LogP contribution in [0.2, 0.25) is 0 Å². The Labute approximate surface area is 116 Å². The van der Waals surface area contributed by atoms with E-state index in [-0.39, 0.29) is 5.54 Å². The summed E-state index contributed by atoms with van der Waals surface area (Å²) in [7, 11) is 2.30. The Balaban J connectivity index is 2.14. The predicted molar refractivity (Wildman–Crippen MR) is 81.2 cm³/mol. The Morgan fingerprint density at radius 3 is 2.89 bits per heavy atom. The van der Waals surface area contributed by atoms with Crippen LogP contribution in [-0.4, -0.2) is 66.1 Å². The second kappa shape index (κ2) is 6.12. The molecule has 2 aliphatic rings. The van der Waals surface area contributed by atoms with E-state index in [4.69, 9.17) is 5.73 Å². The number of hydrogen-bond acceptors (Lipinski definition) is 4. The fourth-order valence-electron chi connectivity index (χ4n) is 3.96. The highest BCUT2D eigenvalue weighted by atomic mass is 32.2. The van der Waals surface area contributed by atoms with Gasteiger partial charge in [-0.3, -0.25) is 9.80 Å². The van der Waals surface area contributed by atoms with E-state index in [2.05, 4.69) is 30.0 Å². The molecule has 0 aromatic carbocycles. The molecule has 0 aromatic heterocycles. The fourth-order valence-corrected chi connectivity index (χ4v) is 4.66. The molecule has 3 nitrogen and oxygen atoms in total. The third kappa shape index (κ3) is 2.45. The zero-order valence-electron chi connectivity index (χ0n) is 12.2. The van der Waals surface area contributed by atoms with Crippen molar-refractivity contribution in [1.29, 1.82) is 0 Å². The van der Waals surface area contributed by atoms with E-state index in [0.717, 1.165) is 6.54 Å². The average molecular weight is 271 g/mol. The van der Waals surface area contributed by atoms with Crippen molar-refractivity contribution < 1.29 is 0 Å². The van der Waals surface area contributed by atoms with Gasteiger partial charge in [-0.15, -0.1) is 0 Å². The first-order valence-corrected chi connectivity index (χ1v) is 8.71. The maximum atomic E-state index is 6.24. The zero-order valence-corrected chi connectivity index (χ0v) is 13.0. The van der Waals surface area contributed by atoms with Crippen molar-refractivity contribution in [3.8, 4) is 0 Å². The normalized spacial score (nSPS) is 34.8. The first-order valence-electron chi connectivity index (χ1n) is 7.31. The lowest BCUT2D eigenvalue weighted by Gasteiger charge is -2.48. The van der Waals surface area contributed by atoms with Gasteiger partial charge in [0.25, 0.3) is 0 Å². The molecular formula is C14H29N3S. The molecule has 2 saturated heterocycles. The maximum Gasteiger partial charge on any atom is 0.0498 e. The molecule has 3 unspecified atom stereocenters. The lowest BCUT2D eigenvalue weighted by Crippen LogP contribution is -2.63. The van der Waals surface area contributed by atoms with Crippen LogP contribution < -0.4 is 5.73 Å². The van der Waals surface area contributed by atoms with E-state index in [1.165, 1.54) is 44.5 Å². The highest BCUT2D eigenvalue weighted by Gasteiger charge is 2.50. The Kier molecular flexibility index (Phi) is 4.98. The highest BCUT2D eigenvalue weighted by Crippen LogP contribution is 2.39. The second-order valence-electron chi connectivity index (χ2n) is 6.02. The van der Waals surface area contributed by atoms with E-state index >= 15 is 0 Å². The predicted octanol–water partition coefficient (Wildman–Crippen LogP) is 1.63. The minimum absolute atomic E-state index is 0.232. The van der Waals surface area contributed by atoms with Gasteiger partial charge in [0.2, 0.25) is 0 Å². The SMILES string of the molecule is CSCC(C)N(C)C1(CN)CCN2CCCCC21. The molecule has 106 valence electrons. The Bertz CT molecular complexity index is 274. The molecule has 2 heterocycles. The Hall–Kier alpha value is 0.230. The zero-order chi connectivity index (χ0) is 13.2. The molecule has 0 aliphatic carbocycles. The van der Waals surface area contributed by atoms with Crippen molar-refractivity contribution in [3.05, 3.63) is 0 Å². The number of thioether (sulfide) groups is 1. The summed E-state index contributed by atoms with van der Waals surface area (Å²) in [6, 6.07) is 1.32. The van der Waals surface area contributed by atoms with Gasteiger partial charge < -0.3 is 5.73 Å². The van der Waals surface area contributed by atoms with Gasteiger partial charge in [-0.2, -0.15) is 11.8 Å². The first-order chi connectivity index (χ1) is 8.65. The number of nitrogens with two attached hydrogens (primary N) is 1. The van der Waals surface area contributed by atoms with Crippen LogP contribution in [0.3, 0.4) is 0 Å². The van der Waals surface area contributed by atoms with Gasteiger partial charge in [-0.1, -0.05) is 6.42 Å². The van der Waals surface area contributed by atoms with E-state index in [0.29, 0.717) is 12.1 Å². The molecule has 0 spiro atoms. The van der Waals surface area contributed by atoms with Crippen LogP contribution in [0.15, 0.2) is 0 Å². The van der Waals surface area contributed by atoms with Crippen LogP contribution in [0.1, 0.15) is 32.6 Å². The molecule has 0 radical (unpaired) electrons. The van der Waals surface area contributed by atoms with E-state index in [1.54, 1.807) is 0 Å². The van der Waals surface area contributed by atoms with Crippen LogP contribution in [0.5, 0.6) is 0 Å². The van der Waals surface area contributed by atoms with Crippen molar-refractivity contribution in [2.75, 3.05) is 38.7 Å². The summed E-state index contributed by atoms with van der Waals surface area (Å²) < 4.78 is 0. The number of piperidine rings is 1. The van der Waals surface area contributed by atoms with Crippen LogP contribution in [0.4, 0.5) is 0 Å². The van der Waals surface area contributed by atoms with Crippen LogP contribution >= 0.6 is 11.8 Å².